The summed E-state index contributed by atoms with van der Waals surface area (Å²) in [5.41, 5.74) is 0.343. The molecular formula is C18H25ClN3O4S+. The molecule has 1 aromatic carbocycles. The van der Waals surface area contributed by atoms with E-state index in [0.717, 1.165) is 13.1 Å². The normalized spacial score (nSPS) is 23.8. The van der Waals surface area contributed by atoms with Gasteiger partial charge in [0.15, 0.2) is 9.84 Å². The van der Waals surface area contributed by atoms with Gasteiger partial charge in [-0.05, 0) is 19.1 Å². The summed E-state index contributed by atoms with van der Waals surface area (Å²) in [6.07, 6.45) is 0.704. The molecule has 2 N–H and O–H groups in total. The number of carbonyl (C=O) groups is 2. The molecule has 0 aromatic heterocycles. The zero-order valence-corrected chi connectivity index (χ0v) is 16.9. The van der Waals surface area contributed by atoms with Gasteiger partial charge < -0.3 is 15.1 Å². The van der Waals surface area contributed by atoms with E-state index in [1.807, 2.05) is 0 Å². The fraction of sp³-hybridized carbons (Fsp3) is 0.556. The first-order chi connectivity index (χ1) is 12.8. The third-order valence-corrected chi connectivity index (χ3v) is 7.46. The van der Waals surface area contributed by atoms with Crippen LogP contribution < -0.4 is 10.2 Å². The van der Waals surface area contributed by atoms with Gasteiger partial charge >= 0.3 is 0 Å². The molecule has 2 amide bonds. The first kappa shape index (κ1) is 20.1. The van der Waals surface area contributed by atoms with Crippen LogP contribution in [0, 0.1) is 0 Å². The number of halogens is 1. The van der Waals surface area contributed by atoms with Gasteiger partial charge in [0.2, 0.25) is 5.91 Å². The van der Waals surface area contributed by atoms with E-state index in [1.165, 1.54) is 4.90 Å². The van der Waals surface area contributed by atoms with Crippen LogP contribution in [0.25, 0.3) is 0 Å². The van der Waals surface area contributed by atoms with Crippen LogP contribution in [-0.2, 0) is 14.6 Å². The summed E-state index contributed by atoms with van der Waals surface area (Å²) >= 11 is 6.03. The van der Waals surface area contributed by atoms with Crippen molar-refractivity contribution in [2.75, 3.05) is 37.7 Å². The van der Waals surface area contributed by atoms with Crippen molar-refractivity contribution in [3.63, 3.8) is 0 Å². The third-order valence-electron chi connectivity index (χ3n) is 5.36. The van der Waals surface area contributed by atoms with Crippen molar-refractivity contribution in [3.8, 4) is 0 Å². The zero-order valence-electron chi connectivity index (χ0n) is 15.3. The van der Waals surface area contributed by atoms with Crippen LogP contribution in [0.4, 0.5) is 0 Å². The molecule has 2 fully saturated rings. The van der Waals surface area contributed by atoms with E-state index in [2.05, 4.69) is 5.32 Å². The number of hydrogen-bond acceptors (Lipinski definition) is 4. The highest BCUT2D eigenvalue weighted by molar-refractivity contribution is 7.91. The lowest BCUT2D eigenvalue weighted by molar-refractivity contribution is -0.925. The van der Waals surface area contributed by atoms with Crippen molar-refractivity contribution in [1.82, 2.24) is 10.2 Å². The molecule has 0 unspecified atom stereocenters. The van der Waals surface area contributed by atoms with Gasteiger partial charge in [0.1, 0.15) is 17.8 Å². The molecular weight excluding hydrogens is 390 g/mol. The standard InChI is InChI=1S/C18H24ClN3O4S/c1-13(20-17(23)15-4-2-3-5-16(15)19)18(24)22-9-7-21(8-10-22)14-6-11-27(25,26)12-14/h2-5,13-14H,6-12H2,1H3,(H,20,23)/p+1/t13-,14+/m0/s1. The largest absolute Gasteiger partial charge is 0.340 e. The van der Waals surface area contributed by atoms with E-state index < -0.39 is 15.9 Å². The van der Waals surface area contributed by atoms with E-state index >= 15 is 0 Å². The van der Waals surface area contributed by atoms with Crippen molar-refractivity contribution in [2.45, 2.75) is 25.4 Å². The Morgan fingerprint density at radius 2 is 1.93 bits per heavy atom. The van der Waals surface area contributed by atoms with Gasteiger partial charge in [-0.1, -0.05) is 23.7 Å². The van der Waals surface area contributed by atoms with Crippen molar-refractivity contribution in [1.29, 1.82) is 0 Å². The SMILES string of the molecule is C[C@H](NC(=O)c1ccccc1Cl)C(=O)N1CC[NH+]([C@@H]2CCS(=O)(=O)C2)CC1. The maximum atomic E-state index is 12.7. The Morgan fingerprint density at radius 3 is 2.52 bits per heavy atom. The Bertz CT molecular complexity index is 822. The molecule has 27 heavy (non-hydrogen) atoms. The highest BCUT2D eigenvalue weighted by Crippen LogP contribution is 2.15. The average molecular weight is 415 g/mol. The Kier molecular flexibility index (Phi) is 6.08. The van der Waals surface area contributed by atoms with Crippen LogP contribution in [0.2, 0.25) is 5.02 Å². The first-order valence-corrected chi connectivity index (χ1v) is 11.4. The van der Waals surface area contributed by atoms with Gasteiger partial charge in [-0.25, -0.2) is 8.42 Å². The minimum Gasteiger partial charge on any atom is -0.340 e. The van der Waals surface area contributed by atoms with Crippen molar-refractivity contribution in [3.05, 3.63) is 34.9 Å². The minimum absolute atomic E-state index is 0.131. The molecule has 0 spiro atoms. The van der Waals surface area contributed by atoms with Gasteiger partial charge in [0.25, 0.3) is 5.91 Å². The summed E-state index contributed by atoms with van der Waals surface area (Å²) in [6.45, 7) is 4.27. The second kappa shape index (κ2) is 8.16. The highest BCUT2D eigenvalue weighted by Gasteiger charge is 2.38. The summed E-state index contributed by atoms with van der Waals surface area (Å²) in [5, 5.41) is 3.06. The van der Waals surface area contributed by atoms with Gasteiger partial charge in [-0.3, -0.25) is 9.59 Å². The highest BCUT2D eigenvalue weighted by atomic mass is 35.5. The molecule has 9 heteroatoms. The minimum atomic E-state index is -2.89. The first-order valence-electron chi connectivity index (χ1n) is 9.16. The van der Waals surface area contributed by atoms with E-state index in [-0.39, 0.29) is 29.4 Å². The number of nitrogens with zero attached hydrogens (tertiary/aromatic N) is 1. The fourth-order valence-electron chi connectivity index (χ4n) is 3.79. The molecule has 0 bridgehead atoms. The lowest BCUT2D eigenvalue weighted by Gasteiger charge is -2.36. The van der Waals surface area contributed by atoms with Crippen LogP contribution in [-0.4, -0.2) is 74.9 Å². The number of carbonyl (C=O) groups excluding carboxylic acids is 2. The van der Waals surface area contributed by atoms with E-state index in [0.29, 0.717) is 30.1 Å². The summed E-state index contributed by atoms with van der Waals surface area (Å²) < 4.78 is 23.3. The summed E-state index contributed by atoms with van der Waals surface area (Å²) in [5.74, 6) is 0.0190. The lowest BCUT2D eigenvalue weighted by atomic mass is 10.1. The maximum Gasteiger partial charge on any atom is 0.253 e. The maximum absolute atomic E-state index is 12.7. The summed E-state index contributed by atoms with van der Waals surface area (Å²) in [4.78, 5) is 28.0. The third kappa shape index (κ3) is 4.80. The van der Waals surface area contributed by atoms with Gasteiger partial charge in [0, 0.05) is 6.42 Å². The molecule has 148 valence electrons. The van der Waals surface area contributed by atoms with Crippen LogP contribution in [0.1, 0.15) is 23.7 Å². The Labute approximate surface area is 164 Å². The molecule has 7 nitrogen and oxygen atoms in total. The number of rotatable bonds is 4. The molecule has 3 rings (SSSR count). The molecule has 0 saturated carbocycles. The Balaban J connectivity index is 1.51. The predicted octanol–water partition coefficient (Wildman–Crippen LogP) is -0.627. The number of nitrogens with one attached hydrogen (secondary N) is 2. The lowest BCUT2D eigenvalue weighted by Crippen LogP contribution is -3.18. The summed E-state index contributed by atoms with van der Waals surface area (Å²) in [6, 6.07) is 6.21. The number of amides is 2. The van der Waals surface area contributed by atoms with Crippen LogP contribution >= 0.6 is 11.6 Å². The molecule has 2 aliphatic rings. The van der Waals surface area contributed by atoms with Crippen molar-refractivity contribution < 1.29 is 22.9 Å². The van der Waals surface area contributed by atoms with Crippen LogP contribution in [0.3, 0.4) is 0 Å². The van der Waals surface area contributed by atoms with Crippen LogP contribution in [0.5, 0.6) is 0 Å². The van der Waals surface area contributed by atoms with E-state index in [4.69, 9.17) is 11.6 Å². The molecule has 2 atom stereocenters. The summed E-state index contributed by atoms with van der Waals surface area (Å²) in [7, 11) is -2.89. The number of quaternary nitrogens is 1. The topological polar surface area (TPSA) is 88.0 Å². The molecule has 2 saturated heterocycles. The second-order valence-electron chi connectivity index (χ2n) is 7.26. The average Bonchev–Trinajstić information content (AvgIpc) is 3.01. The smallest absolute Gasteiger partial charge is 0.253 e. The van der Waals surface area contributed by atoms with Crippen molar-refractivity contribution >= 4 is 33.3 Å². The zero-order chi connectivity index (χ0) is 19.6. The van der Waals surface area contributed by atoms with Gasteiger partial charge in [-0.15, -0.1) is 0 Å². The Morgan fingerprint density at radius 1 is 1.26 bits per heavy atom. The number of piperazine rings is 1. The monoisotopic (exact) mass is 414 g/mol. The van der Waals surface area contributed by atoms with Crippen LogP contribution in [0.15, 0.2) is 24.3 Å². The Hall–Kier alpha value is -1.64. The quantitative estimate of drug-likeness (QED) is 0.687. The predicted molar refractivity (Wildman–Crippen MR) is 103 cm³/mol. The van der Waals surface area contributed by atoms with Gasteiger partial charge in [0.05, 0.1) is 42.5 Å². The molecule has 2 aliphatic heterocycles. The molecule has 0 aliphatic carbocycles. The van der Waals surface area contributed by atoms with Crippen molar-refractivity contribution in [2.24, 2.45) is 0 Å². The second-order valence-corrected chi connectivity index (χ2v) is 9.89. The van der Waals surface area contributed by atoms with E-state index in [9.17, 15) is 18.0 Å². The number of sulfone groups is 1. The fourth-order valence-corrected chi connectivity index (χ4v) is 5.84. The molecule has 1 aromatic rings. The van der Waals surface area contributed by atoms with Gasteiger partial charge in [-0.2, -0.15) is 0 Å². The molecule has 2 heterocycles. The van der Waals surface area contributed by atoms with E-state index in [1.54, 1.807) is 36.1 Å². The molecule has 0 radical (unpaired) electrons. The number of hydrogen-bond donors (Lipinski definition) is 2. The number of benzene rings is 1.